The second kappa shape index (κ2) is 8.16. The van der Waals surface area contributed by atoms with Gasteiger partial charge in [0, 0.05) is 17.1 Å². The van der Waals surface area contributed by atoms with Gasteiger partial charge >= 0.3 is 0 Å². The van der Waals surface area contributed by atoms with E-state index >= 15 is 0 Å². The van der Waals surface area contributed by atoms with Crippen molar-refractivity contribution in [2.24, 2.45) is 0 Å². The molecule has 3 aliphatic rings. The van der Waals surface area contributed by atoms with Gasteiger partial charge in [-0.15, -0.1) is 0 Å². The lowest BCUT2D eigenvalue weighted by atomic mass is 9.44. The molecule has 7 nitrogen and oxygen atoms in total. The fraction of sp³-hybridized carbons (Fsp3) is 0.381. The number of benzene rings is 1. The quantitative estimate of drug-likeness (QED) is 0.581. The molecule has 1 aromatic carbocycles. The summed E-state index contributed by atoms with van der Waals surface area (Å²) in [7, 11) is 0. The lowest BCUT2D eigenvalue weighted by Gasteiger charge is -2.70. The Morgan fingerprint density at radius 2 is 1.68 bits per heavy atom. The molecule has 0 aliphatic heterocycles. The van der Waals surface area contributed by atoms with Gasteiger partial charge in [0.05, 0.1) is 11.2 Å². The summed E-state index contributed by atoms with van der Waals surface area (Å²) in [6.45, 7) is 1.46. The van der Waals surface area contributed by atoms with Gasteiger partial charge < -0.3 is 20.1 Å². The first-order valence-corrected chi connectivity index (χ1v) is 10.4. The van der Waals surface area contributed by atoms with Crippen LogP contribution in [0.15, 0.2) is 30.5 Å². The van der Waals surface area contributed by atoms with Gasteiger partial charge in [-0.1, -0.05) is 23.2 Å². The Labute approximate surface area is 188 Å². The van der Waals surface area contributed by atoms with E-state index in [0.717, 1.165) is 11.6 Å². The summed E-state index contributed by atoms with van der Waals surface area (Å²) < 4.78 is 24.2. The Balaban J connectivity index is 1.18. The molecule has 3 aliphatic carbocycles. The lowest BCUT2D eigenvalue weighted by molar-refractivity contribution is -0.151. The van der Waals surface area contributed by atoms with Gasteiger partial charge in [0.2, 0.25) is 0 Å². The maximum absolute atomic E-state index is 13.4. The molecule has 0 radical (unpaired) electrons. The number of carbonyl (C=O) groups excluding carboxylic acids is 2. The minimum atomic E-state index is -0.608. The molecule has 10 heteroatoms. The average molecular weight is 468 g/mol. The van der Waals surface area contributed by atoms with Crippen molar-refractivity contribution in [3.8, 4) is 11.5 Å². The van der Waals surface area contributed by atoms with Gasteiger partial charge in [-0.25, -0.2) is 9.37 Å². The van der Waals surface area contributed by atoms with Crippen LogP contribution in [-0.4, -0.2) is 41.1 Å². The zero-order chi connectivity index (χ0) is 22.2. The molecule has 31 heavy (non-hydrogen) atoms. The molecule has 2 amide bonds. The molecule has 2 N–H and O–H groups in total. The minimum absolute atomic E-state index is 0.0108. The minimum Gasteiger partial charge on any atom is -0.484 e. The smallest absolute Gasteiger partial charge is 0.258 e. The fourth-order valence-corrected chi connectivity index (χ4v) is 4.57. The highest BCUT2D eigenvalue weighted by Gasteiger charge is 2.69. The predicted molar refractivity (Wildman–Crippen MR) is 112 cm³/mol. The van der Waals surface area contributed by atoms with Crippen molar-refractivity contribution < 1.29 is 23.5 Å². The van der Waals surface area contributed by atoms with Crippen LogP contribution in [0.1, 0.15) is 24.8 Å². The second-order valence-electron chi connectivity index (χ2n) is 8.11. The first kappa shape index (κ1) is 21.6. The maximum Gasteiger partial charge on any atom is 0.258 e. The first-order chi connectivity index (χ1) is 14.7. The third-order valence-electron chi connectivity index (χ3n) is 5.49. The summed E-state index contributed by atoms with van der Waals surface area (Å²) in [6, 6.07) is 5.65. The topological polar surface area (TPSA) is 89.5 Å². The number of aromatic nitrogens is 1. The molecule has 2 bridgehead atoms. The zero-order valence-electron chi connectivity index (χ0n) is 16.6. The Hall–Kier alpha value is -2.58. The third-order valence-corrected chi connectivity index (χ3v) is 6.00. The van der Waals surface area contributed by atoms with Crippen molar-refractivity contribution in [2.75, 3.05) is 13.2 Å². The highest BCUT2D eigenvalue weighted by Crippen LogP contribution is 2.60. The molecule has 2 aromatic rings. The Kier molecular flexibility index (Phi) is 5.70. The summed E-state index contributed by atoms with van der Waals surface area (Å²) in [5.74, 6) is -0.416. The van der Waals surface area contributed by atoms with Gasteiger partial charge in [-0.05, 0) is 49.9 Å². The van der Waals surface area contributed by atoms with Crippen LogP contribution < -0.4 is 20.1 Å². The molecule has 1 heterocycles. The number of rotatable bonds is 8. The summed E-state index contributed by atoms with van der Waals surface area (Å²) in [5.41, 5.74) is 0.168. The summed E-state index contributed by atoms with van der Waals surface area (Å²) in [4.78, 5) is 28.3. The molecular formula is C21H20Cl2FN3O4. The van der Waals surface area contributed by atoms with Crippen LogP contribution in [0.5, 0.6) is 11.5 Å². The fourth-order valence-electron chi connectivity index (χ4n) is 4.24. The van der Waals surface area contributed by atoms with Crippen molar-refractivity contribution >= 4 is 35.0 Å². The average Bonchev–Trinajstić information content (AvgIpc) is 2.65. The van der Waals surface area contributed by atoms with Crippen molar-refractivity contribution in [1.82, 2.24) is 15.6 Å². The largest absolute Gasteiger partial charge is 0.484 e. The van der Waals surface area contributed by atoms with Crippen LogP contribution in [0.2, 0.25) is 10.2 Å². The molecule has 164 valence electrons. The van der Waals surface area contributed by atoms with E-state index in [-0.39, 0.29) is 46.9 Å². The molecule has 3 saturated carbocycles. The van der Waals surface area contributed by atoms with E-state index in [2.05, 4.69) is 15.6 Å². The van der Waals surface area contributed by atoms with E-state index < -0.39 is 5.82 Å². The van der Waals surface area contributed by atoms with E-state index in [1.54, 1.807) is 6.07 Å². The second-order valence-corrected chi connectivity index (χ2v) is 8.91. The predicted octanol–water partition coefficient (Wildman–Crippen LogP) is 3.20. The van der Waals surface area contributed by atoms with Gasteiger partial charge in [-0.2, -0.15) is 0 Å². The van der Waals surface area contributed by atoms with E-state index in [1.807, 2.05) is 6.92 Å². The van der Waals surface area contributed by atoms with E-state index in [0.29, 0.717) is 30.2 Å². The van der Waals surface area contributed by atoms with Crippen LogP contribution in [0.4, 0.5) is 4.39 Å². The molecule has 0 unspecified atom stereocenters. The molecular weight excluding hydrogens is 448 g/mol. The van der Waals surface area contributed by atoms with E-state index in [1.165, 1.54) is 18.3 Å². The van der Waals surface area contributed by atoms with E-state index in [4.69, 9.17) is 32.7 Å². The molecule has 3 fully saturated rings. The van der Waals surface area contributed by atoms with Crippen molar-refractivity contribution in [3.05, 3.63) is 52.0 Å². The Morgan fingerprint density at radius 1 is 1.06 bits per heavy atom. The Morgan fingerprint density at radius 3 is 2.26 bits per heavy atom. The van der Waals surface area contributed by atoms with Crippen molar-refractivity contribution in [3.63, 3.8) is 0 Å². The normalized spacial score (nSPS) is 23.2. The Bertz CT molecular complexity index is 1030. The number of nitrogens with zero attached hydrogens (tertiary/aromatic N) is 1. The number of hydrogen-bond donors (Lipinski definition) is 2. The van der Waals surface area contributed by atoms with Gasteiger partial charge in [-0.3, -0.25) is 9.59 Å². The molecule has 0 saturated heterocycles. The highest BCUT2D eigenvalue weighted by molar-refractivity contribution is 6.30. The molecule has 0 spiro atoms. The van der Waals surface area contributed by atoms with Crippen LogP contribution >= 0.6 is 23.2 Å². The molecule has 0 atom stereocenters. The van der Waals surface area contributed by atoms with Gasteiger partial charge in [0.25, 0.3) is 11.8 Å². The lowest BCUT2D eigenvalue weighted by Crippen LogP contribution is -2.84. The maximum atomic E-state index is 13.4. The molecule has 1 aromatic heterocycles. The van der Waals surface area contributed by atoms with Crippen molar-refractivity contribution in [2.45, 2.75) is 37.3 Å². The monoisotopic (exact) mass is 467 g/mol. The van der Waals surface area contributed by atoms with Crippen LogP contribution in [-0.2, 0) is 9.59 Å². The summed E-state index contributed by atoms with van der Waals surface area (Å²) in [5, 5.41) is 6.27. The number of halogens is 3. The van der Waals surface area contributed by atoms with Crippen LogP contribution in [0.25, 0.3) is 0 Å². The standard InChI is InChI=1S/C21H20Cl2FN3O4/c1-12-4-17(23)25-6-16(12)31-8-19(29)27-21-9-20(10-21,11-21)26-18(28)7-30-13-2-3-14(22)15(24)5-13/h2-6H,7-11H2,1H3,(H,26,28)(H,27,29). The van der Waals surface area contributed by atoms with Crippen LogP contribution in [0, 0.1) is 12.7 Å². The number of pyridine rings is 1. The van der Waals surface area contributed by atoms with Crippen LogP contribution in [0.3, 0.4) is 0 Å². The third kappa shape index (κ3) is 4.70. The summed E-state index contributed by atoms with van der Waals surface area (Å²) in [6.07, 6.45) is 3.43. The first-order valence-electron chi connectivity index (χ1n) is 9.63. The zero-order valence-corrected chi connectivity index (χ0v) is 18.1. The van der Waals surface area contributed by atoms with E-state index in [9.17, 15) is 14.0 Å². The number of aryl methyl sites for hydroxylation is 1. The number of ether oxygens (including phenoxy) is 2. The summed E-state index contributed by atoms with van der Waals surface area (Å²) >= 11 is 11.4. The molecule has 5 rings (SSSR count). The highest BCUT2D eigenvalue weighted by atomic mass is 35.5. The van der Waals surface area contributed by atoms with Crippen molar-refractivity contribution in [1.29, 1.82) is 0 Å². The number of nitrogens with one attached hydrogen (secondary N) is 2. The number of amides is 2. The SMILES string of the molecule is Cc1cc(Cl)ncc1OCC(=O)NC12CC(NC(=O)COc3ccc(Cl)c(F)c3)(C1)C2. The number of carbonyl (C=O) groups is 2. The number of hydrogen-bond acceptors (Lipinski definition) is 5. The van der Waals surface area contributed by atoms with Gasteiger partial charge in [0.1, 0.15) is 22.5 Å². The van der Waals surface area contributed by atoms with Gasteiger partial charge in [0.15, 0.2) is 13.2 Å².